The van der Waals surface area contributed by atoms with Crippen LogP contribution >= 0.6 is 11.8 Å². The summed E-state index contributed by atoms with van der Waals surface area (Å²) < 4.78 is 36.3. The number of rotatable bonds is 17. The second-order valence-corrected chi connectivity index (χ2v) is 33.4. The molecule has 0 aliphatic carbocycles. The first-order valence-electron chi connectivity index (χ1n) is 38.5. The van der Waals surface area contributed by atoms with E-state index in [1.54, 1.807) is 11.8 Å². The largest absolute Gasteiger partial charge is 0.311 e. The van der Waals surface area contributed by atoms with E-state index in [1.807, 2.05) is 4.90 Å². The van der Waals surface area contributed by atoms with Crippen LogP contribution in [0.4, 0.5) is 94.1 Å². The van der Waals surface area contributed by atoms with E-state index in [4.69, 9.17) is 0 Å². The average molecular weight is 1410 g/mol. The van der Waals surface area contributed by atoms with Gasteiger partial charge in [0.2, 0.25) is 6.71 Å². The molecule has 0 atom stereocenters. The van der Waals surface area contributed by atoms with Crippen molar-refractivity contribution in [2.75, 3.05) is 24.5 Å². The normalized spacial score (nSPS) is 13.4. The first-order chi connectivity index (χ1) is 51.0. The fourth-order valence-corrected chi connectivity index (χ4v) is 17.9. The fraction of sp³-hybridized carbons (Fsp3) is 0.250. The molecule has 0 saturated heterocycles. The molecule has 5 nitrogen and oxygen atoms in total. The molecule has 0 bridgehead atoms. The van der Waals surface area contributed by atoms with E-state index in [0.29, 0.717) is 41.2 Å². The molecular formula is C96H95B2F2N5S. The van der Waals surface area contributed by atoms with Gasteiger partial charge in [-0.1, -0.05) is 237 Å². The Hall–Kier alpha value is -10.0. The zero-order valence-corrected chi connectivity index (χ0v) is 65.0. The van der Waals surface area contributed by atoms with Crippen molar-refractivity contribution in [3.05, 3.63) is 293 Å². The molecule has 10 heteroatoms. The second kappa shape index (κ2) is 27.7. The van der Waals surface area contributed by atoms with Crippen molar-refractivity contribution in [1.29, 1.82) is 0 Å². The highest BCUT2D eigenvalue weighted by Crippen LogP contribution is 2.53. The van der Waals surface area contributed by atoms with Crippen molar-refractivity contribution in [3.8, 4) is 0 Å². The van der Waals surface area contributed by atoms with Gasteiger partial charge in [-0.25, -0.2) is 8.78 Å². The number of fused-ring (bicyclic) bond motifs is 8. The van der Waals surface area contributed by atoms with Crippen molar-refractivity contribution in [2.45, 2.75) is 168 Å². The zero-order valence-electron chi connectivity index (χ0n) is 64.2. The van der Waals surface area contributed by atoms with Crippen molar-refractivity contribution < 1.29 is 8.78 Å². The fourth-order valence-electron chi connectivity index (χ4n) is 16.7. The van der Waals surface area contributed by atoms with Gasteiger partial charge in [0.05, 0.1) is 5.69 Å². The lowest BCUT2D eigenvalue weighted by Crippen LogP contribution is -2.64. The number of benzene rings is 12. The second-order valence-electron chi connectivity index (χ2n) is 32.4. The van der Waals surface area contributed by atoms with Gasteiger partial charge < -0.3 is 24.5 Å². The molecule has 0 amide bonds. The minimum Gasteiger partial charge on any atom is -0.311 e. The summed E-state index contributed by atoms with van der Waals surface area (Å²) in [6.07, 6.45) is 0. The maximum Gasteiger partial charge on any atom is 0.252 e. The van der Waals surface area contributed by atoms with E-state index in [9.17, 15) is 0 Å². The third-order valence-electron chi connectivity index (χ3n) is 22.9. The Kier molecular flexibility index (Phi) is 18.4. The van der Waals surface area contributed by atoms with Crippen LogP contribution < -0.4 is 57.3 Å². The van der Waals surface area contributed by atoms with Gasteiger partial charge in [0.25, 0.3) is 6.71 Å². The number of halogens is 2. The van der Waals surface area contributed by atoms with Gasteiger partial charge in [-0.3, -0.25) is 0 Å². The topological polar surface area (TPSA) is 16.2 Å². The Labute approximate surface area is 633 Å². The highest BCUT2D eigenvalue weighted by Gasteiger charge is 2.49. The number of hydrogen-bond acceptors (Lipinski definition) is 6. The van der Waals surface area contributed by atoms with Crippen LogP contribution in [-0.4, -0.2) is 13.4 Å². The summed E-state index contributed by atoms with van der Waals surface area (Å²) in [6.45, 7) is 35.4. The molecule has 12 aromatic carbocycles. The van der Waals surface area contributed by atoms with E-state index in [2.05, 4.69) is 349 Å². The van der Waals surface area contributed by atoms with Crippen LogP contribution in [0.5, 0.6) is 0 Å². The Bertz CT molecular complexity index is 5210. The lowest BCUT2D eigenvalue weighted by atomic mass is 9.31. The summed E-state index contributed by atoms with van der Waals surface area (Å²) in [4.78, 5) is 13.9. The maximum absolute atomic E-state index is 18.2. The standard InChI is InChI=1S/C96H95B2F2N5S/c1-56(2)64-20-34-72(35-21-64)101(73-36-22-65(23-37-73)57(3)4)78-50-89-94-90(51-78)105(96-84(99)18-17-19-85(96)100)88-55-92-83(54-82(88)97(94)80-48-70(62(13)14)32-46-86(80)103(89)76-42-28-68(29-43-76)60(9)10)98-81-49-71(63(15)16)33-47-87(81)104(77-44-30-69(31-45-77)61(11)12)91-52-79(53-93(106-92)95(91)98)102(74-38-24-66(25-39-74)58(5)6)75-40-26-67(27-41-75)59(7)8/h17-63H,1-16H3. The molecule has 16 rings (SSSR count). The molecule has 0 fully saturated rings. The quantitative estimate of drug-likeness (QED) is 0.0839. The monoisotopic (exact) mass is 1410 g/mol. The lowest BCUT2D eigenvalue weighted by molar-refractivity contribution is 0.586. The molecule has 106 heavy (non-hydrogen) atoms. The van der Waals surface area contributed by atoms with E-state index in [1.165, 1.54) is 73.6 Å². The van der Waals surface area contributed by atoms with Crippen molar-refractivity contribution in [3.63, 3.8) is 0 Å². The van der Waals surface area contributed by atoms with Gasteiger partial charge in [-0.05, 0) is 247 Å². The third-order valence-corrected chi connectivity index (χ3v) is 24.0. The lowest BCUT2D eigenvalue weighted by Gasteiger charge is -2.46. The predicted molar refractivity (Wildman–Crippen MR) is 452 cm³/mol. The Morgan fingerprint density at radius 1 is 0.264 bits per heavy atom. The molecule has 4 aliphatic heterocycles. The first-order valence-corrected chi connectivity index (χ1v) is 39.3. The highest BCUT2D eigenvalue weighted by molar-refractivity contribution is 8.00. The Morgan fingerprint density at radius 3 is 0.943 bits per heavy atom. The number of hydrogen-bond donors (Lipinski definition) is 0. The average Bonchev–Trinajstić information content (AvgIpc) is 0.687. The third kappa shape index (κ3) is 12.2. The van der Waals surface area contributed by atoms with Crippen LogP contribution in [0.3, 0.4) is 0 Å². The molecule has 530 valence electrons. The van der Waals surface area contributed by atoms with Crippen molar-refractivity contribution >= 4 is 143 Å². The molecule has 0 unspecified atom stereocenters. The molecule has 0 radical (unpaired) electrons. The Morgan fingerprint density at radius 2 is 0.575 bits per heavy atom. The first kappa shape index (κ1) is 70.3. The molecule has 0 N–H and O–H groups in total. The number of anilines is 15. The maximum atomic E-state index is 18.2. The molecule has 4 aliphatic rings. The van der Waals surface area contributed by atoms with E-state index in [0.717, 1.165) is 106 Å². The molecular weight excluding hydrogens is 1310 g/mol. The van der Waals surface area contributed by atoms with Gasteiger partial charge in [0, 0.05) is 83.7 Å². The summed E-state index contributed by atoms with van der Waals surface area (Å²) in [7, 11) is 0. The molecule has 12 aromatic rings. The SMILES string of the molecule is CC(C)c1ccc(N(c2ccc(C(C)C)cc2)c2cc3c4c(c2)N(c2ccc(C(C)C)cc2)c2ccc(C(C)C)cc2B4c2cc4c(cc2S3)N(c2c(F)cccc2F)c2cc(N(c3ccc(C(C)C)cc3)c3ccc(C(C)C)cc3)cc3c2B4c2cc(C(C)C)ccc2N3c2ccc(C(C)C)cc2)cc1. The summed E-state index contributed by atoms with van der Waals surface area (Å²) in [6, 6.07) is 87.3. The summed E-state index contributed by atoms with van der Waals surface area (Å²) in [5.41, 5.74) is 30.3. The van der Waals surface area contributed by atoms with Gasteiger partial charge in [0.15, 0.2) is 0 Å². The number of nitrogens with zero attached hydrogens (tertiary/aromatic N) is 5. The molecule has 0 aromatic heterocycles. The van der Waals surface area contributed by atoms with E-state index >= 15 is 8.78 Å². The van der Waals surface area contributed by atoms with Gasteiger partial charge in [-0.15, -0.1) is 0 Å². The smallest absolute Gasteiger partial charge is 0.252 e. The summed E-state index contributed by atoms with van der Waals surface area (Å²) in [5, 5.41) is 0. The van der Waals surface area contributed by atoms with Crippen LogP contribution in [0.1, 0.15) is 203 Å². The Balaban J connectivity index is 1.01. The van der Waals surface area contributed by atoms with Crippen LogP contribution in [0.25, 0.3) is 0 Å². The van der Waals surface area contributed by atoms with E-state index < -0.39 is 18.3 Å². The van der Waals surface area contributed by atoms with Gasteiger partial charge >= 0.3 is 0 Å². The van der Waals surface area contributed by atoms with Crippen molar-refractivity contribution in [1.82, 2.24) is 0 Å². The van der Waals surface area contributed by atoms with E-state index in [-0.39, 0.29) is 24.2 Å². The van der Waals surface area contributed by atoms with Crippen LogP contribution in [0, 0.1) is 11.6 Å². The zero-order chi connectivity index (χ0) is 74.0. The molecule has 0 spiro atoms. The summed E-state index contributed by atoms with van der Waals surface area (Å²) in [5.74, 6) is 1.16. The van der Waals surface area contributed by atoms with Crippen LogP contribution in [0.2, 0.25) is 0 Å². The predicted octanol–water partition coefficient (Wildman–Crippen LogP) is 24.7. The van der Waals surface area contributed by atoms with Gasteiger partial charge in [-0.2, -0.15) is 0 Å². The summed E-state index contributed by atoms with van der Waals surface area (Å²) >= 11 is 1.78. The van der Waals surface area contributed by atoms with Crippen LogP contribution in [-0.2, 0) is 0 Å². The molecule has 4 heterocycles. The molecule has 0 saturated carbocycles. The minimum absolute atomic E-state index is 0.123. The minimum atomic E-state index is -0.648. The van der Waals surface area contributed by atoms with Gasteiger partial charge in [0.1, 0.15) is 17.3 Å². The van der Waals surface area contributed by atoms with Crippen molar-refractivity contribution in [2.24, 2.45) is 0 Å². The highest BCUT2D eigenvalue weighted by atomic mass is 32.2. The van der Waals surface area contributed by atoms with Crippen LogP contribution in [0.15, 0.2) is 246 Å². The number of para-hydroxylation sites is 1.